The second-order valence-corrected chi connectivity index (χ2v) is 5.76. The number of hydrogen-bond acceptors (Lipinski definition) is 4. The van der Waals surface area contributed by atoms with Crippen LogP contribution < -0.4 is 0 Å². The quantitative estimate of drug-likeness (QED) is 0.919. The van der Waals surface area contributed by atoms with Gasteiger partial charge in [0.25, 0.3) is 5.91 Å². The van der Waals surface area contributed by atoms with Gasteiger partial charge >= 0.3 is 5.97 Å². The van der Waals surface area contributed by atoms with Crippen molar-refractivity contribution < 1.29 is 19.4 Å². The topological polar surface area (TPSA) is 84.7 Å². The van der Waals surface area contributed by atoms with Gasteiger partial charge in [0.2, 0.25) is 0 Å². The van der Waals surface area contributed by atoms with E-state index in [0.717, 1.165) is 11.4 Å². The summed E-state index contributed by atoms with van der Waals surface area (Å²) in [5.41, 5.74) is 2.10. The summed E-state index contributed by atoms with van der Waals surface area (Å²) in [5, 5.41) is 13.3. The van der Waals surface area contributed by atoms with Crippen molar-refractivity contribution in [3.63, 3.8) is 0 Å². The first-order chi connectivity index (χ1) is 11.5. The third-order valence-electron chi connectivity index (χ3n) is 3.94. The first kappa shape index (κ1) is 16.2. The molecule has 1 saturated heterocycles. The highest BCUT2D eigenvalue weighted by Crippen LogP contribution is 2.16. The lowest BCUT2D eigenvalue weighted by atomic mass is 10.2. The van der Waals surface area contributed by atoms with Crippen LogP contribution >= 0.6 is 0 Å². The molecule has 0 bridgehead atoms. The van der Waals surface area contributed by atoms with E-state index in [2.05, 4.69) is 5.10 Å². The van der Waals surface area contributed by atoms with Crippen LogP contribution in [0.4, 0.5) is 0 Å². The summed E-state index contributed by atoms with van der Waals surface area (Å²) in [7, 11) is 0. The largest absolute Gasteiger partial charge is 0.481 e. The number of carboxylic acids is 1. The van der Waals surface area contributed by atoms with Gasteiger partial charge in [0.15, 0.2) is 5.69 Å². The number of morpholine rings is 1. The summed E-state index contributed by atoms with van der Waals surface area (Å²) >= 11 is 0. The van der Waals surface area contributed by atoms with Crippen molar-refractivity contribution in [1.29, 1.82) is 0 Å². The highest BCUT2D eigenvalue weighted by Gasteiger charge is 2.28. The van der Waals surface area contributed by atoms with Gasteiger partial charge in [-0.15, -0.1) is 0 Å². The molecule has 0 spiro atoms. The van der Waals surface area contributed by atoms with Gasteiger partial charge in [-0.05, 0) is 25.1 Å². The predicted molar refractivity (Wildman–Crippen MR) is 86.2 cm³/mol. The summed E-state index contributed by atoms with van der Waals surface area (Å²) in [6, 6.07) is 11.3. The van der Waals surface area contributed by atoms with Crippen LogP contribution in [0.3, 0.4) is 0 Å². The van der Waals surface area contributed by atoms with Crippen molar-refractivity contribution in [3.8, 4) is 5.69 Å². The van der Waals surface area contributed by atoms with E-state index < -0.39 is 12.1 Å². The molecule has 24 heavy (non-hydrogen) atoms. The van der Waals surface area contributed by atoms with Gasteiger partial charge in [-0.3, -0.25) is 9.59 Å². The van der Waals surface area contributed by atoms with Crippen LogP contribution in [0.15, 0.2) is 36.4 Å². The highest BCUT2D eigenvalue weighted by atomic mass is 16.5. The van der Waals surface area contributed by atoms with Gasteiger partial charge in [0.1, 0.15) is 0 Å². The molecule has 0 unspecified atom stereocenters. The molecule has 2 heterocycles. The summed E-state index contributed by atoms with van der Waals surface area (Å²) in [5.74, 6) is -1.13. The lowest BCUT2D eigenvalue weighted by Gasteiger charge is -2.31. The molecule has 0 saturated carbocycles. The summed E-state index contributed by atoms with van der Waals surface area (Å²) in [6.45, 7) is 2.93. The fourth-order valence-corrected chi connectivity index (χ4v) is 2.79. The monoisotopic (exact) mass is 329 g/mol. The maximum atomic E-state index is 12.7. The van der Waals surface area contributed by atoms with Crippen molar-refractivity contribution in [2.24, 2.45) is 0 Å². The second-order valence-electron chi connectivity index (χ2n) is 5.76. The molecule has 7 heteroatoms. The molecular weight excluding hydrogens is 310 g/mol. The maximum absolute atomic E-state index is 12.7. The highest BCUT2D eigenvalue weighted by molar-refractivity contribution is 5.92. The number of para-hydroxylation sites is 1. The Hall–Kier alpha value is -2.67. The Balaban J connectivity index is 1.77. The number of aliphatic carboxylic acids is 1. The van der Waals surface area contributed by atoms with Crippen LogP contribution in [0.1, 0.15) is 22.6 Å². The molecule has 1 atom stereocenters. The third-order valence-corrected chi connectivity index (χ3v) is 3.94. The summed E-state index contributed by atoms with van der Waals surface area (Å²) < 4.78 is 7.13. The molecule has 0 radical (unpaired) electrons. The van der Waals surface area contributed by atoms with E-state index in [1.54, 1.807) is 15.6 Å². The average molecular weight is 329 g/mol. The van der Waals surface area contributed by atoms with Crippen molar-refractivity contribution in [1.82, 2.24) is 14.7 Å². The number of aromatic nitrogens is 2. The van der Waals surface area contributed by atoms with Gasteiger partial charge in [-0.2, -0.15) is 5.10 Å². The molecule has 7 nitrogen and oxygen atoms in total. The van der Waals surface area contributed by atoms with Gasteiger partial charge in [0.05, 0.1) is 24.8 Å². The van der Waals surface area contributed by atoms with Gasteiger partial charge in [0, 0.05) is 18.8 Å². The van der Waals surface area contributed by atoms with E-state index in [9.17, 15) is 9.59 Å². The zero-order valence-electron chi connectivity index (χ0n) is 13.4. The molecule has 3 rings (SSSR count). The van der Waals surface area contributed by atoms with Crippen LogP contribution in [0.2, 0.25) is 0 Å². The lowest BCUT2D eigenvalue weighted by molar-refractivity contribution is -0.141. The van der Waals surface area contributed by atoms with Crippen molar-refractivity contribution in [2.75, 3.05) is 19.7 Å². The molecular formula is C17H19N3O4. The van der Waals surface area contributed by atoms with Crippen molar-refractivity contribution in [3.05, 3.63) is 47.8 Å². The van der Waals surface area contributed by atoms with E-state index >= 15 is 0 Å². The number of amides is 1. The number of carbonyl (C=O) groups excluding carboxylic acids is 1. The van der Waals surface area contributed by atoms with Crippen LogP contribution in [0, 0.1) is 6.92 Å². The number of nitrogens with zero attached hydrogens (tertiary/aromatic N) is 3. The Labute approximate surface area is 139 Å². The molecule has 126 valence electrons. The third kappa shape index (κ3) is 3.46. The molecule has 1 amide bonds. The first-order valence-electron chi connectivity index (χ1n) is 7.79. The van der Waals surface area contributed by atoms with Crippen LogP contribution in [-0.4, -0.2) is 57.5 Å². The van der Waals surface area contributed by atoms with E-state index in [1.165, 1.54) is 0 Å². The Kier molecular flexibility index (Phi) is 4.61. The fourth-order valence-electron chi connectivity index (χ4n) is 2.79. The molecule has 1 aromatic carbocycles. The Morgan fingerprint density at radius 2 is 2.08 bits per heavy atom. The standard InChI is InChI=1S/C17H19N3O4/c1-12-9-15(18-20(12)13-5-3-2-4-6-13)17(23)19-7-8-24-14(11-19)10-16(21)22/h2-6,9,14H,7-8,10-11H2,1H3,(H,21,22)/t14-/m0/s1. The Morgan fingerprint density at radius 1 is 1.33 bits per heavy atom. The molecule has 1 N–H and O–H groups in total. The lowest BCUT2D eigenvalue weighted by Crippen LogP contribution is -2.46. The fraction of sp³-hybridized carbons (Fsp3) is 0.353. The molecule has 2 aromatic rings. The number of aryl methyl sites for hydroxylation is 1. The zero-order valence-corrected chi connectivity index (χ0v) is 13.4. The maximum Gasteiger partial charge on any atom is 0.306 e. The summed E-state index contributed by atoms with van der Waals surface area (Å²) in [4.78, 5) is 25.1. The smallest absolute Gasteiger partial charge is 0.306 e. The van der Waals surface area contributed by atoms with Gasteiger partial charge < -0.3 is 14.7 Å². The minimum Gasteiger partial charge on any atom is -0.481 e. The van der Waals surface area contributed by atoms with Crippen molar-refractivity contribution in [2.45, 2.75) is 19.4 Å². The van der Waals surface area contributed by atoms with Crippen LogP contribution in [-0.2, 0) is 9.53 Å². The number of hydrogen-bond donors (Lipinski definition) is 1. The first-order valence-corrected chi connectivity index (χ1v) is 7.79. The Bertz CT molecular complexity index is 742. The average Bonchev–Trinajstić information content (AvgIpc) is 2.96. The minimum atomic E-state index is -0.932. The predicted octanol–water partition coefficient (Wildman–Crippen LogP) is 1.50. The molecule has 1 aliphatic rings. The van der Waals surface area contributed by atoms with E-state index in [1.807, 2.05) is 37.3 Å². The minimum absolute atomic E-state index is 0.110. The molecule has 1 aliphatic heterocycles. The number of ether oxygens (including phenoxy) is 1. The summed E-state index contributed by atoms with van der Waals surface area (Å²) in [6.07, 6.45) is -0.584. The normalized spacial score (nSPS) is 17.7. The zero-order chi connectivity index (χ0) is 17.1. The van der Waals surface area contributed by atoms with Crippen molar-refractivity contribution >= 4 is 11.9 Å². The van der Waals surface area contributed by atoms with E-state index in [-0.39, 0.29) is 18.9 Å². The number of carboxylic acid groups (broad SMARTS) is 1. The number of carbonyl (C=O) groups is 2. The second kappa shape index (κ2) is 6.84. The number of benzene rings is 1. The van der Waals surface area contributed by atoms with Gasteiger partial charge in [-0.1, -0.05) is 18.2 Å². The number of rotatable bonds is 4. The van der Waals surface area contributed by atoms with E-state index in [4.69, 9.17) is 9.84 Å². The molecule has 1 fully saturated rings. The van der Waals surface area contributed by atoms with Crippen LogP contribution in [0.5, 0.6) is 0 Å². The van der Waals surface area contributed by atoms with E-state index in [0.29, 0.717) is 18.8 Å². The SMILES string of the molecule is Cc1cc(C(=O)N2CCO[C@@H](CC(=O)O)C2)nn1-c1ccccc1. The molecule has 1 aromatic heterocycles. The Morgan fingerprint density at radius 3 is 2.79 bits per heavy atom. The van der Waals surface area contributed by atoms with Crippen LogP contribution in [0.25, 0.3) is 5.69 Å². The van der Waals surface area contributed by atoms with Gasteiger partial charge in [-0.25, -0.2) is 4.68 Å². The molecule has 0 aliphatic carbocycles.